The second-order valence-corrected chi connectivity index (χ2v) is 6.38. The number of hydrogen-bond acceptors (Lipinski definition) is 7. The van der Waals surface area contributed by atoms with E-state index in [1.165, 1.54) is 23.9 Å². The molecular formula is C19H20ClFN6O2. The summed E-state index contributed by atoms with van der Waals surface area (Å²) in [6, 6.07) is 9.47. The predicted octanol–water partition coefficient (Wildman–Crippen LogP) is 3.38. The van der Waals surface area contributed by atoms with Crippen LogP contribution in [-0.4, -0.2) is 28.2 Å². The number of aromatic nitrogens is 3. The Morgan fingerprint density at radius 2 is 2.07 bits per heavy atom. The van der Waals surface area contributed by atoms with Crippen LogP contribution < -0.4 is 20.7 Å². The fourth-order valence-electron chi connectivity index (χ4n) is 2.48. The van der Waals surface area contributed by atoms with E-state index in [4.69, 9.17) is 26.9 Å². The normalized spacial score (nSPS) is 11.0. The van der Waals surface area contributed by atoms with Crippen LogP contribution in [-0.2, 0) is 13.0 Å². The Balaban J connectivity index is 1.67. The van der Waals surface area contributed by atoms with Crippen molar-refractivity contribution < 1.29 is 13.9 Å². The molecule has 8 nitrogen and oxygen atoms in total. The van der Waals surface area contributed by atoms with Crippen LogP contribution in [0.25, 0.3) is 0 Å². The first kappa shape index (κ1) is 20.4. The maximum atomic E-state index is 13.1. The monoisotopic (exact) mass is 418 g/mol. The summed E-state index contributed by atoms with van der Waals surface area (Å²) in [6.45, 7) is 2.11. The number of halogens is 2. The van der Waals surface area contributed by atoms with Crippen LogP contribution >= 0.6 is 11.6 Å². The Morgan fingerprint density at radius 3 is 2.76 bits per heavy atom. The molecule has 0 unspecified atom stereocenters. The van der Waals surface area contributed by atoms with Crippen LogP contribution in [0.5, 0.6) is 11.5 Å². The van der Waals surface area contributed by atoms with Crippen LogP contribution in [0.15, 0.2) is 41.5 Å². The van der Waals surface area contributed by atoms with Gasteiger partial charge in [-0.05, 0) is 35.9 Å². The minimum Gasteiger partial charge on any atom is -0.493 e. The molecule has 0 aliphatic carbocycles. The molecule has 0 saturated carbocycles. The van der Waals surface area contributed by atoms with E-state index in [0.29, 0.717) is 40.3 Å². The summed E-state index contributed by atoms with van der Waals surface area (Å²) in [5, 5.41) is 12.3. The first-order valence-electron chi connectivity index (χ1n) is 8.75. The van der Waals surface area contributed by atoms with Gasteiger partial charge < -0.3 is 15.3 Å². The number of benzene rings is 2. The molecule has 0 bridgehead atoms. The van der Waals surface area contributed by atoms with Gasteiger partial charge in [0.05, 0.1) is 18.3 Å². The van der Waals surface area contributed by atoms with E-state index in [9.17, 15) is 4.39 Å². The van der Waals surface area contributed by atoms with Gasteiger partial charge in [0.2, 0.25) is 0 Å². The summed E-state index contributed by atoms with van der Waals surface area (Å²) in [4.78, 5) is 0. The van der Waals surface area contributed by atoms with Gasteiger partial charge in [-0.3, -0.25) is 0 Å². The van der Waals surface area contributed by atoms with Crippen molar-refractivity contribution in [1.82, 2.24) is 14.9 Å². The van der Waals surface area contributed by atoms with E-state index in [-0.39, 0.29) is 6.61 Å². The molecule has 10 heteroatoms. The van der Waals surface area contributed by atoms with Crippen molar-refractivity contribution in [1.29, 1.82) is 0 Å². The van der Waals surface area contributed by atoms with E-state index in [2.05, 4.69) is 20.7 Å². The highest BCUT2D eigenvalue weighted by atomic mass is 35.5. The molecule has 0 saturated heterocycles. The largest absolute Gasteiger partial charge is 0.493 e. The third-order valence-corrected chi connectivity index (χ3v) is 4.40. The lowest BCUT2D eigenvalue weighted by molar-refractivity contribution is 0.284. The third kappa shape index (κ3) is 4.94. The van der Waals surface area contributed by atoms with Crippen LogP contribution in [0.2, 0.25) is 5.02 Å². The average Bonchev–Trinajstić information content (AvgIpc) is 3.07. The molecule has 0 aliphatic heterocycles. The Kier molecular flexibility index (Phi) is 6.50. The highest BCUT2D eigenvalue weighted by molar-refractivity contribution is 6.31. The maximum Gasteiger partial charge on any atom is 0.263 e. The van der Waals surface area contributed by atoms with E-state index in [0.717, 1.165) is 5.56 Å². The van der Waals surface area contributed by atoms with Crippen molar-refractivity contribution in [3.05, 3.63) is 64.2 Å². The quantitative estimate of drug-likeness (QED) is 0.330. The second kappa shape index (κ2) is 9.24. The van der Waals surface area contributed by atoms with Gasteiger partial charge in [-0.15, -0.1) is 10.2 Å². The molecule has 3 rings (SSSR count). The number of aryl methyl sites for hydroxylation is 1. The SMILES string of the molecule is CCc1nnc(N/N=C/c2ccc(OCc3ccc(F)cc3Cl)c(OC)c2)n1N. The molecule has 0 atom stereocenters. The maximum absolute atomic E-state index is 13.1. The van der Waals surface area contributed by atoms with Gasteiger partial charge in [-0.1, -0.05) is 24.6 Å². The van der Waals surface area contributed by atoms with Gasteiger partial charge in [-0.2, -0.15) is 5.10 Å². The van der Waals surface area contributed by atoms with Crippen molar-refractivity contribution >= 4 is 23.8 Å². The molecule has 3 N–H and O–H groups in total. The van der Waals surface area contributed by atoms with Gasteiger partial charge in [0.25, 0.3) is 5.95 Å². The first-order valence-corrected chi connectivity index (χ1v) is 9.12. The fourth-order valence-corrected chi connectivity index (χ4v) is 2.71. The number of ether oxygens (including phenoxy) is 2. The van der Waals surface area contributed by atoms with E-state index in [1.807, 2.05) is 6.92 Å². The highest BCUT2D eigenvalue weighted by Gasteiger charge is 2.09. The minimum absolute atomic E-state index is 0.177. The summed E-state index contributed by atoms with van der Waals surface area (Å²) in [7, 11) is 1.54. The van der Waals surface area contributed by atoms with E-state index >= 15 is 0 Å². The molecule has 2 aromatic carbocycles. The zero-order chi connectivity index (χ0) is 20.8. The molecule has 0 radical (unpaired) electrons. The number of nitrogens with zero attached hydrogens (tertiary/aromatic N) is 4. The molecule has 0 amide bonds. The smallest absolute Gasteiger partial charge is 0.263 e. The van der Waals surface area contributed by atoms with Gasteiger partial charge in [0.1, 0.15) is 12.4 Å². The molecular weight excluding hydrogens is 399 g/mol. The lowest BCUT2D eigenvalue weighted by Gasteiger charge is -2.12. The zero-order valence-electron chi connectivity index (χ0n) is 15.9. The molecule has 0 fully saturated rings. The molecule has 0 aliphatic rings. The number of rotatable bonds is 8. The molecule has 29 heavy (non-hydrogen) atoms. The van der Waals surface area contributed by atoms with Crippen molar-refractivity contribution in [2.75, 3.05) is 18.4 Å². The Hall–Kier alpha value is -3.33. The summed E-state index contributed by atoms with van der Waals surface area (Å²) in [5.41, 5.74) is 4.18. The number of hydrogen-bond donors (Lipinski definition) is 2. The topological polar surface area (TPSA) is 99.6 Å². The number of hydrazone groups is 1. The predicted molar refractivity (Wildman–Crippen MR) is 110 cm³/mol. The number of nitrogens with two attached hydrogens (primary N) is 1. The van der Waals surface area contributed by atoms with Gasteiger partial charge in [0.15, 0.2) is 17.3 Å². The minimum atomic E-state index is -0.396. The number of methoxy groups -OCH3 is 1. The molecule has 1 heterocycles. The standard InChI is InChI=1S/C19H20ClFN6O2/c1-3-18-24-26-19(27(18)22)25-23-10-12-4-7-16(17(8-12)28-2)29-11-13-5-6-14(21)9-15(13)20/h4-10H,3,11,22H2,1-2H3,(H,25,26)/b23-10+. The van der Waals surface area contributed by atoms with E-state index in [1.54, 1.807) is 30.5 Å². The Morgan fingerprint density at radius 1 is 1.24 bits per heavy atom. The lowest BCUT2D eigenvalue weighted by Crippen LogP contribution is -2.14. The Labute approximate surface area is 172 Å². The number of anilines is 1. The third-order valence-electron chi connectivity index (χ3n) is 4.05. The summed E-state index contributed by atoms with van der Waals surface area (Å²) >= 11 is 6.03. The van der Waals surface area contributed by atoms with Crippen LogP contribution in [0.4, 0.5) is 10.3 Å². The Bertz CT molecular complexity index is 1020. The molecule has 3 aromatic rings. The van der Waals surface area contributed by atoms with Crippen molar-refractivity contribution in [2.24, 2.45) is 5.10 Å². The fraction of sp³-hybridized carbons (Fsp3) is 0.211. The zero-order valence-corrected chi connectivity index (χ0v) is 16.7. The summed E-state index contributed by atoms with van der Waals surface area (Å²) in [6.07, 6.45) is 2.25. The molecule has 1 aromatic heterocycles. The van der Waals surface area contributed by atoms with Crippen LogP contribution in [0.1, 0.15) is 23.9 Å². The van der Waals surface area contributed by atoms with Crippen LogP contribution in [0, 0.1) is 5.82 Å². The summed E-state index contributed by atoms with van der Waals surface area (Å²) < 4.78 is 25.6. The van der Waals surface area contributed by atoms with Gasteiger partial charge in [-0.25, -0.2) is 14.5 Å². The van der Waals surface area contributed by atoms with Gasteiger partial charge in [0, 0.05) is 12.0 Å². The highest BCUT2D eigenvalue weighted by Crippen LogP contribution is 2.29. The average molecular weight is 419 g/mol. The summed E-state index contributed by atoms with van der Waals surface area (Å²) in [5.74, 6) is 7.47. The van der Waals surface area contributed by atoms with Crippen molar-refractivity contribution in [3.8, 4) is 11.5 Å². The number of nitrogens with one attached hydrogen (secondary N) is 1. The molecule has 152 valence electrons. The van der Waals surface area contributed by atoms with Crippen LogP contribution in [0.3, 0.4) is 0 Å². The van der Waals surface area contributed by atoms with Crippen molar-refractivity contribution in [2.45, 2.75) is 20.0 Å². The lowest BCUT2D eigenvalue weighted by atomic mass is 10.2. The van der Waals surface area contributed by atoms with Gasteiger partial charge >= 0.3 is 0 Å². The number of nitrogen functional groups attached to an aromatic ring is 1. The second-order valence-electron chi connectivity index (χ2n) is 5.97. The molecule has 0 spiro atoms. The van der Waals surface area contributed by atoms with Crippen molar-refractivity contribution in [3.63, 3.8) is 0 Å². The first-order chi connectivity index (χ1) is 14.0. The van der Waals surface area contributed by atoms with E-state index < -0.39 is 5.82 Å².